The van der Waals surface area contributed by atoms with Crippen molar-refractivity contribution in [3.05, 3.63) is 63.7 Å². The number of rotatable bonds is 4. The van der Waals surface area contributed by atoms with Crippen molar-refractivity contribution in [3.63, 3.8) is 0 Å². The molecule has 2 aromatic heterocycles. The third-order valence-electron chi connectivity index (χ3n) is 3.48. The SMILES string of the molecule is CSc1ccccc1C(=O)Nc1cc(C)nn1-c1nc(C)cc(=O)[nH]1. The van der Waals surface area contributed by atoms with E-state index < -0.39 is 0 Å². The summed E-state index contributed by atoms with van der Waals surface area (Å²) in [4.78, 5) is 32.2. The monoisotopic (exact) mass is 355 g/mol. The number of nitrogens with one attached hydrogen (secondary N) is 2. The first-order valence-corrected chi connectivity index (χ1v) is 8.80. The number of amides is 1. The standard InChI is InChI=1S/C17H17N5O2S/c1-10-9-15(23)20-17(18-10)22-14(8-11(2)21-22)19-16(24)12-6-4-5-7-13(12)25-3/h4-9H,1-3H3,(H,19,24)(H,18,20,23). The molecule has 2 N–H and O–H groups in total. The van der Waals surface area contributed by atoms with Gasteiger partial charge in [-0.05, 0) is 32.2 Å². The van der Waals surface area contributed by atoms with Crippen LogP contribution in [0.25, 0.3) is 5.95 Å². The van der Waals surface area contributed by atoms with E-state index in [9.17, 15) is 9.59 Å². The molecule has 0 aliphatic rings. The van der Waals surface area contributed by atoms with E-state index >= 15 is 0 Å². The van der Waals surface area contributed by atoms with E-state index in [-0.39, 0.29) is 17.4 Å². The molecule has 0 atom stereocenters. The molecule has 0 aliphatic heterocycles. The summed E-state index contributed by atoms with van der Waals surface area (Å²) >= 11 is 1.50. The van der Waals surface area contributed by atoms with Crippen molar-refractivity contribution in [2.75, 3.05) is 11.6 Å². The first-order valence-electron chi connectivity index (χ1n) is 7.57. The number of H-pyrrole nitrogens is 1. The predicted molar refractivity (Wildman–Crippen MR) is 97.6 cm³/mol. The first kappa shape index (κ1) is 17.0. The van der Waals surface area contributed by atoms with Gasteiger partial charge in [-0.3, -0.25) is 14.6 Å². The Labute approximate surface area is 148 Å². The summed E-state index contributed by atoms with van der Waals surface area (Å²) in [6.07, 6.45) is 1.92. The highest BCUT2D eigenvalue weighted by molar-refractivity contribution is 7.98. The molecule has 3 aromatic rings. The zero-order chi connectivity index (χ0) is 18.0. The van der Waals surface area contributed by atoms with Gasteiger partial charge in [-0.2, -0.15) is 9.78 Å². The van der Waals surface area contributed by atoms with Gasteiger partial charge in [-0.25, -0.2) is 4.98 Å². The van der Waals surface area contributed by atoms with Crippen LogP contribution < -0.4 is 10.9 Å². The van der Waals surface area contributed by atoms with Crippen molar-refractivity contribution in [3.8, 4) is 5.95 Å². The summed E-state index contributed by atoms with van der Waals surface area (Å²) in [5.74, 6) is 0.444. The molecule has 3 rings (SSSR count). The van der Waals surface area contributed by atoms with Gasteiger partial charge in [0.25, 0.3) is 11.5 Å². The number of aromatic nitrogens is 4. The second-order valence-electron chi connectivity index (χ2n) is 5.45. The molecule has 0 saturated heterocycles. The van der Waals surface area contributed by atoms with Crippen LogP contribution in [0.4, 0.5) is 5.82 Å². The van der Waals surface area contributed by atoms with E-state index in [1.807, 2.05) is 24.5 Å². The van der Waals surface area contributed by atoms with Gasteiger partial charge in [0.05, 0.1) is 11.3 Å². The molecule has 0 bridgehead atoms. The Hall–Kier alpha value is -2.87. The number of anilines is 1. The van der Waals surface area contributed by atoms with Crippen LogP contribution in [0.3, 0.4) is 0 Å². The van der Waals surface area contributed by atoms with E-state index in [1.165, 1.54) is 22.5 Å². The maximum absolute atomic E-state index is 12.7. The molecule has 0 radical (unpaired) electrons. The zero-order valence-electron chi connectivity index (χ0n) is 14.0. The molecular formula is C17H17N5O2S. The zero-order valence-corrected chi connectivity index (χ0v) is 14.8. The average Bonchev–Trinajstić information content (AvgIpc) is 2.94. The van der Waals surface area contributed by atoms with Gasteiger partial charge in [0.2, 0.25) is 5.95 Å². The smallest absolute Gasteiger partial charge is 0.257 e. The number of hydrogen-bond acceptors (Lipinski definition) is 5. The number of hydrogen-bond donors (Lipinski definition) is 2. The lowest BCUT2D eigenvalue weighted by Crippen LogP contribution is -2.19. The number of carbonyl (C=O) groups is 1. The van der Waals surface area contributed by atoms with Crippen LogP contribution in [0.5, 0.6) is 0 Å². The normalized spacial score (nSPS) is 10.7. The van der Waals surface area contributed by atoms with Crippen molar-refractivity contribution in [2.24, 2.45) is 0 Å². The van der Waals surface area contributed by atoms with Crippen LogP contribution in [0.2, 0.25) is 0 Å². The van der Waals surface area contributed by atoms with Gasteiger partial charge in [0.15, 0.2) is 0 Å². The molecule has 0 saturated carbocycles. The van der Waals surface area contributed by atoms with Crippen LogP contribution in [0.15, 0.2) is 46.1 Å². The van der Waals surface area contributed by atoms with E-state index in [0.29, 0.717) is 22.8 Å². The lowest BCUT2D eigenvalue weighted by atomic mass is 10.2. The first-order chi connectivity index (χ1) is 12.0. The summed E-state index contributed by atoms with van der Waals surface area (Å²) in [5, 5.41) is 7.16. The van der Waals surface area contributed by atoms with Gasteiger partial charge < -0.3 is 5.32 Å². The molecule has 0 fully saturated rings. The summed E-state index contributed by atoms with van der Waals surface area (Å²) in [6.45, 7) is 3.53. The topological polar surface area (TPSA) is 92.7 Å². The largest absolute Gasteiger partial charge is 0.306 e. The highest BCUT2D eigenvalue weighted by Gasteiger charge is 2.16. The maximum Gasteiger partial charge on any atom is 0.257 e. The average molecular weight is 355 g/mol. The second kappa shape index (κ2) is 6.94. The fourth-order valence-electron chi connectivity index (χ4n) is 2.43. The minimum Gasteiger partial charge on any atom is -0.306 e. The Morgan fingerprint density at radius 1 is 1.20 bits per heavy atom. The summed E-state index contributed by atoms with van der Waals surface area (Å²) in [7, 11) is 0. The van der Waals surface area contributed by atoms with Crippen molar-refractivity contribution >= 4 is 23.5 Å². The summed E-state index contributed by atoms with van der Waals surface area (Å²) in [6, 6.07) is 10.5. The van der Waals surface area contributed by atoms with Gasteiger partial charge in [-0.15, -0.1) is 11.8 Å². The number of benzene rings is 1. The fraction of sp³-hybridized carbons (Fsp3) is 0.176. The van der Waals surface area contributed by atoms with Crippen LogP contribution in [-0.2, 0) is 0 Å². The number of nitrogens with zero attached hydrogens (tertiary/aromatic N) is 3. The minimum atomic E-state index is -0.277. The van der Waals surface area contributed by atoms with Gasteiger partial charge >= 0.3 is 0 Å². The molecule has 0 spiro atoms. The van der Waals surface area contributed by atoms with E-state index in [0.717, 1.165) is 4.90 Å². The van der Waals surface area contributed by atoms with Crippen LogP contribution >= 0.6 is 11.8 Å². The Balaban J connectivity index is 1.99. The van der Waals surface area contributed by atoms with Gasteiger partial charge in [0.1, 0.15) is 5.82 Å². The molecule has 0 aliphatic carbocycles. The van der Waals surface area contributed by atoms with Crippen molar-refractivity contribution in [2.45, 2.75) is 18.7 Å². The number of aryl methyl sites for hydroxylation is 2. The minimum absolute atomic E-state index is 0.249. The summed E-state index contributed by atoms with van der Waals surface area (Å²) < 4.78 is 1.42. The third kappa shape index (κ3) is 3.63. The molecular weight excluding hydrogens is 338 g/mol. The van der Waals surface area contributed by atoms with Crippen molar-refractivity contribution < 1.29 is 4.79 Å². The fourth-order valence-corrected chi connectivity index (χ4v) is 3.02. The predicted octanol–water partition coefficient (Wildman–Crippen LogP) is 2.55. The van der Waals surface area contributed by atoms with Crippen LogP contribution in [0.1, 0.15) is 21.7 Å². The lowest BCUT2D eigenvalue weighted by Gasteiger charge is -2.10. The van der Waals surface area contributed by atoms with Crippen LogP contribution in [0, 0.1) is 13.8 Å². The molecule has 1 aromatic carbocycles. The Morgan fingerprint density at radius 2 is 1.96 bits per heavy atom. The van der Waals surface area contributed by atoms with Gasteiger partial charge in [-0.1, -0.05) is 12.1 Å². The highest BCUT2D eigenvalue weighted by Crippen LogP contribution is 2.22. The molecule has 2 heterocycles. The summed E-state index contributed by atoms with van der Waals surface area (Å²) in [5.41, 5.74) is 1.56. The van der Waals surface area contributed by atoms with Crippen LogP contribution in [-0.4, -0.2) is 31.9 Å². The van der Waals surface area contributed by atoms with E-state index in [4.69, 9.17) is 0 Å². The molecule has 128 valence electrons. The second-order valence-corrected chi connectivity index (χ2v) is 6.30. The van der Waals surface area contributed by atoms with E-state index in [1.54, 1.807) is 26.0 Å². The molecule has 25 heavy (non-hydrogen) atoms. The van der Waals surface area contributed by atoms with Crippen molar-refractivity contribution in [1.29, 1.82) is 0 Å². The molecule has 0 unspecified atom stereocenters. The highest BCUT2D eigenvalue weighted by atomic mass is 32.2. The van der Waals surface area contributed by atoms with Crippen molar-refractivity contribution in [1.82, 2.24) is 19.7 Å². The number of aromatic amines is 1. The maximum atomic E-state index is 12.7. The quantitative estimate of drug-likeness (QED) is 0.702. The Morgan fingerprint density at radius 3 is 2.68 bits per heavy atom. The molecule has 8 heteroatoms. The van der Waals surface area contributed by atoms with Gasteiger partial charge in [0, 0.05) is 22.7 Å². The Kier molecular flexibility index (Phi) is 4.71. The third-order valence-corrected chi connectivity index (χ3v) is 4.28. The Bertz CT molecular complexity index is 993. The molecule has 7 nitrogen and oxygen atoms in total. The number of thioether (sulfide) groups is 1. The van der Waals surface area contributed by atoms with E-state index in [2.05, 4.69) is 20.4 Å². The molecule has 1 amide bonds. The lowest BCUT2D eigenvalue weighted by molar-refractivity contribution is 0.102. The number of carbonyl (C=O) groups excluding carboxylic acids is 1.